The molecule has 0 aliphatic carbocycles. The average molecular weight is 543 g/mol. The number of hydrogen-bond donors (Lipinski definition) is 2. The van der Waals surface area contributed by atoms with Crippen molar-refractivity contribution in [1.82, 2.24) is 5.32 Å². The molecule has 9 nitrogen and oxygen atoms in total. The van der Waals surface area contributed by atoms with E-state index < -0.39 is 30.4 Å². The van der Waals surface area contributed by atoms with Gasteiger partial charge >= 0.3 is 12.0 Å². The lowest BCUT2D eigenvalue weighted by Crippen LogP contribution is -2.54. The SMILES string of the molecule is C=CCc1cc(/C=C2\C(=O)NC(=O)N(c3ccc(Br)c(C)c3)C2=O)cc(OCC)c1OCC(=O)O. The number of nitrogens with zero attached hydrogens (tertiary/aromatic N) is 1. The van der Waals surface area contributed by atoms with Crippen LogP contribution in [-0.4, -0.2) is 42.1 Å². The van der Waals surface area contributed by atoms with Crippen LogP contribution >= 0.6 is 15.9 Å². The maximum Gasteiger partial charge on any atom is 0.341 e. The molecule has 0 aromatic heterocycles. The summed E-state index contributed by atoms with van der Waals surface area (Å²) in [6.45, 7) is 6.96. The Morgan fingerprint density at radius 3 is 2.57 bits per heavy atom. The fourth-order valence-electron chi connectivity index (χ4n) is 3.46. The Hall–Kier alpha value is -3.92. The van der Waals surface area contributed by atoms with Gasteiger partial charge in [0.2, 0.25) is 0 Å². The lowest BCUT2D eigenvalue weighted by Gasteiger charge is -2.27. The number of benzene rings is 2. The van der Waals surface area contributed by atoms with Crippen molar-refractivity contribution < 1.29 is 33.8 Å². The molecule has 2 aromatic carbocycles. The number of rotatable bonds is 9. The summed E-state index contributed by atoms with van der Waals surface area (Å²) in [6.07, 6.45) is 3.26. The standard InChI is InChI=1S/C25H23BrN2O7/c1-4-6-16-10-15(12-20(34-5-2)22(16)35-13-21(29)30)11-18-23(31)27-25(33)28(24(18)32)17-7-8-19(26)14(3)9-17/h4,7-12H,1,5-6,13H2,2-3H3,(H,29,30)(H,27,31,33)/b18-11+. The number of carboxylic acid groups (broad SMARTS) is 1. The summed E-state index contributed by atoms with van der Waals surface area (Å²) in [6, 6.07) is 7.27. The maximum atomic E-state index is 13.2. The van der Waals surface area contributed by atoms with Gasteiger partial charge in [0.1, 0.15) is 5.57 Å². The predicted octanol–water partition coefficient (Wildman–Crippen LogP) is 4.01. The first kappa shape index (κ1) is 25.7. The lowest BCUT2D eigenvalue weighted by molar-refractivity contribution is -0.139. The first-order chi connectivity index (χ1) is 16.7. The number of carboxylic acids is 1. The third kappa shape index (κ3) is 5.78. The van der Waals surface area contributed by atoms with Gasteiger partial charge in [-0.3, -0.25) is 14.9 Å². The zero-order chi connectivity index (χ0) is 25.7. The molecule has 2 N–H and O–H groups in total. The Bertz CT molecular complexity index is 1250. The van der Waals surface area contributed by atoms with E-state index in [1.165, 1.54) is 12.1 Å². The molecule has 1 saturated heterocycles. The minimum atomic E-state index is -1.15. The van der Waals surface area contributed by atoms with Crippen molar-refractivity contribution >= 4 is 51.5 Å². The van der Waals surface area contributed by atoms with Gasteiger partial charge in [0.05, 0.1) is 12.3 Å². The van der Waals surface area contributed by atoms with Crippen LogP contribution in [0.5, 0.6) is 11.5 Å². The van der Waals surface area contributed by atoms with Gasteiger partial charge in [0, 0.05) is 10.0 Å². The summed E-state index contributed by atoms with van der Waals surface area (Å²) >= 11 is 3.38. The Morgan fingerprint density at radius 1 is 1.20 bits per heavy atom. The minimum absolute atomic E-state index is 0.234. The lowest BCUT2D eigenvalue weighted by atomic mass is 10.0. The van der Waals surface area contributed by atoms with Gasteiger partial charge in [0.25, 0.3) is 11.8 Å². The van der Waals surface area contributed by atoms with Gasteiger partial charge < -0.3 is 14.6 Å². The van der Waals surface area contributed by atoms with Gasteiger partial charge in [-0.1, -0.05) is 22.0 Å². The molecule has 1 aliphatic heterocycles. The third-order valence-corrected chi connectivity index (χ3v) is 5.86. The number of halogens is 1. The highest BCUT2D eigenvalue weighted by Gasteiger charge is 2.37. The number of allylic oxidation sites excluding steroid dienone is 1. The van der Waals surface area contributed by atoms with Crippen LogP contribution in [0.2, 0.25) is 0 Å². The number of aryl methyl sites for hydroxylation is 1. The number of hydrogen-bond acceptors (Lipinski definition) is 6. The summed E-state index contributed by atoms with van der Waals surface area (Å²) in [5, 5.41) is 11.2. The molecule has 1 heterocycles. The van der Waals surface area contributed by atoms with Gasteiger partial charge in [-0.15, -0.1) is 6.58 Å². The van der Waals surface area contributed by atoms with Gasteiger partial charge in [-0.05, 0) is 67.8 Å². The topological polar surface area (TPSA) is 122 Å². The van der Waals surface area contributed by atoms with Crippen LogP contribution in [0.25, 0.3) is 6.08 Å². The van der Waals surface area contributed by atoms with Crippen LogP contribution in [0.1, 0.15) is 23.6 Å². The molecule has 0 spiro atoms. The quantitative estimate of drug-likeness (QED) is 0.278. The van der Waals surface area contributed by atoms with Gasteiger partial charge in [0.15, 0.2) is 18.1 Å². The summed E-state index contributed by atoms with van der Waals surface area (Å²) in [5.74, 6) is -2.28. The van der Waals surface area contributed by atoms with Crippen LogP contribution in [-0.2, 0) is 20.8 Å². The number of ether oxygens (including phenoxy) is 2. The second-order valence-corrected chi connectivity index (χ2v) is 8.36. The molecular weight excluding hydrogens is 520 g/mol. The Morgan fingerprint density at radius 2 is 1.94 bits per heavy atom. The number of nitrogens with one attached hydrogen (secondary N) is 1. The van der Waals surface area contributed by atoms with Crippen molar-refractivity contribution in [1.29, 1.82) is 0 Å². The van der Waals surface area contributed by atoms with Crippen molar-refractivity contribution in [3.63, 3.8) is 0 Å². The highest BCUT2D eigenvalue weighted by Crippen LogP contribution is 2.35. The van der Waals surface area contributed by atoms with Crippen LogP contribution in [0.4, 0.5) is 10.5 Å². The largest absolute Gasteiger partial charge is 0.490 e. The van der Waals surface area contributed by atoms with E-state index in [1.807, 2.05) is 6.92 Å². The van der Waals surface area contributed by atoms with E-state index >= 15 is 0 Å². The number of carbonyl (C=O) groups excluding carboxylic acids is 3. The van der Waals surface area contributed by atoms with Gasteiger partial charge in [-0.2, -0.15) is 0 Å². The average Bonchev–Trinajstić information content (AvgIpc) is 2.78. The highest BCUT2D eigenvalue weighted by molar-refractivity contribution is 9.10. The second kappa shape index (κ2) is 11.0. The Labute approximate surface area is 210 Å². The van der Waals surface area contributed by atoms with Crippen molar-refractivity contribution in [3.05, 3.63) is 69.7 Å². The van der Waals surface area contributed by atoms with E-state index in [1.54, 1.807) is 37.3 Å². The molecule has 1 fully saturated rings. The third-order valence-electron chi connectivity index (χ3n) is 4.97. The molecule has 0 bridgehead atoms. The number of anilines is 1. The van der Waals surface area contributed by atoms with E-state index in [2.05, 4.69) is 27.8 Å². The normalized spacial score (nSPS) is 14.7. The van der Waals surface area contributed by atoms with E-state index in [9.17, 15) is 19.2 Å². The molecule has 0 saturated carbocycles. The van der Waals surface area contributed by atoms with Crippen molar-refractivity contribution in [2.75, 3.05) is 18.1 Å². The van der Waals surface area contributed by atoms with E-state index in [0.717, 1.165) is 14.9 Å². The molecule has 0 radical (unpaired) electrons. The van der Waals surface area contributed by atoms with E-state index in [4.69, 9.17) is 14.6 Å². The summed E-state index contributed by atoms with van der Waals surface area (Å²) in [7, 11) is 0. The van der Waals surface area contributed by atoms with Crippen LogP contribution < -0.4 is 19.7 Å². The zero-order valence-corrected chi connectivity index (χ0v) is 20.7. The molecular formula is C25H23BrN2O7. The zero-order valence-electron chi connectivity index (χ0n) is 19.1. The maximum absolute atomic E-state index is 13.2. The first-order valence-electron chi connectivity index (χ1n) is 10.6. The van der Waals surface area contributed by atoms with E-state index in [-0.39, 0.29) is 23.7 Å². The van der Waals surface area contributed by atoms with Crippen molar-refractivity contribution in [2.24, 2.45) is 0 Å². The van der Waals surface area contributed by atoms with Crippen molar-refractivity contribution in [2.45, 2.75) is 20.3 Å². The van der Waals surface area contributed by atoms with Crippen LogP contribution in [0.3, 0.4) is 0 Å². The number of urea groups is 1. The number of carbonyl (C=O) groups is 4. The fraction of sp³-hybridized carbons (Fsp3) is 0.200. The molecule has 2 aromatic rings. The molecule has 1 aliphatic rings. The molecule has 3 rings (SSSR count). The smallest absolute Gasteiger partial charge is 0.341 e. The molecule has 0 unspecified atom stereocenters. The van der Waals surface area contributed by atoms with Gasteiger partial charge in [-0.25, -0.2) is 14.5 Å². The predicted molar refractivity (Wildman–Crippen MR) is 133 cm³/mol. The summed E-state index contributed by atoms with van der Waals surface area (Å²) < 4.78 is 11.9. The Kier molecular flexibility index (Phi) is 8.08. The summed E-state index contributed by atoms with van der Waals surface area (Å²) in [5.41, 5.74) is 1.84. The van der Waals surface area contributed by atoms with Crippen molar-refractivity contribution in [3.8, 4) is 11.5 Å². The first-order valence-corrected chi connectivity index (χ1v) is 11.4. The molecule has 4 amide bonds. The molecule has 10 heteroatoms. The highest BCUT2D eigenvalue weighted by atomic mass is 79.9. The monoisotopic (exact) mass is 542 g/mol. The van der Waals surface area contributed by atoms with E-state index in [0.29, 0.717) is 23.2 Å². The summed E-state index contributed by atoms with van der Waals surface area (Å²) in [4.78, 5) is 50.2. The minimum Gasteiger partial charge on any atom is -0.490 e. The Balaban J connectivity index is 2.08. The van der Waals surface area contributed by atoms with Crippen LogP contribution in [0.15, 0.2) is 53.0 Å². The van der Waals surface area contributed by atoms with Crippen LogP contribution in [0, 0.1) is 6.92 Å². The molecule has 35 heavy (non-hydrogen) atoms. The number of barbiturate groups is 1. The number of aliphatic carboxylic acids is 1. The molecule has 182 valence electrons. The number of amides is 4. The second-order valence-electron chi connectivity index (χ2n) is 7.51. The number of imide groups is 2. The molecule has 0 atom stereocenters. The fourth-order valence-corrected chi connectivity index (χ4v) is 3.71.